The van der Waals surface area contributed by atoms with Gasteiger partial charge in [-0.3, -0.25) is 0 Å². The van der Waals surface area contributed by atoms with E-state index >= 15 is 0 Å². The third-order valence-corrected chi connectivity index (χ3v) is 3.89. The number of aromatic nitrogens is 12. The van der Waals surface area contributed by atoms with Crippen molar-refractivity contribution < 1.29 is 0 Å². The second kappa shape index (κ2) is 11.8. The molecule has 18 nitrogen and oxygen atoms in total. The molecule has 0 saturated heterocycles. The minimum atomic E-state index is -0.412. The first-order chi connectivity index (χ1) is 17.3. The molecule has 184 valence electrons. The summed E-state index contributed by atoms with van der Waals surface area (Å²) in [5.41, 5.74) is 23.0. The summed E-state index contributed by atoms with van der Waals surface area (Å²) >= 11 is 0. The second-order valence-electron chi connectivity index (χ2n) is 6.36. The van der Waals surface area contributed by atoms with Gasteiger partial charge in [-0.2, -0.15) is 9.97 Å². The molecule has 36 heavy (non-hydrogen) atoms. The highest BCUT2D eigenvalue weighted by Gasteiger charge is 2.00. The Kier molecular flexibility index (Phi) is 8.09. The Morgan fingerprint density at radius 1 is 0.556 bits per heavy atom. The molecule has 0 aliphatic heterocycles. The van der Waals surface area contributed by atoms with Crippen LogP contribution < -0.4 is 34.3 Å². The van der Waals surface area contributed by atoms with E-state index in [1.54, 1.807) is 0 Å². The lowest BCUT2D eigenvalue weighted by Crippen LogP contribution is -2.10. The van der Waals surface area contributed by atoms with Crippen molar-refractivity contribution in [2.75, 3.05) is 22.9 Å². The minimum Gasteiger partial charge on any atom is -0.383 e. The number of nitrogens with one attached hydrogen (secondary N) is 4. The summed E-state index contributed by atoms with van der Waals surface area (Å²) in [6.45, 7) is 0. The van der Waals surface area contributed by atoms with Crippen LogP contribution in [0.15, 0.2) is 59.4 Å². The molecule has 0 unspecified atom stereocenters. The Labute approximate surface area is 199 Å². The highest BCUT2D eigenvalue weighted by atomic mass is 16.1. The number of H-pyrrole nitrogens is 4. The fourth-order valence-electron chi connectivity index (χ4n) is 2.34. The average molecular weight is 492 g/mol. The quantitative estimate of drug-likeness (QED) is 0.121. The van der Waals surface area contributed by atoms with Gasteiger partial charge < -0.3 is 42.9 Å². The van der Waals surface area contributed by atoms with Crippen molar-refractivity contribution >= 4 is 45.6 Å². The molecular formula is C18H20N16O2. The summed E-state index contributed by atoms with van der Waals surface area (Å²) in [6.07, 6.45) is 8.75. The molecule has 18 heteroatoms. The molecule has 12 N–H and O–H groups in total. The van der Waals surface area contributed by atoms with Gasteiger partial charge >= 0.3 is 11.4 Å². The van der Waals surface area contributed by atoms with E-state index in [0.717, 1.165) is 0 Å². The Bertz CT molecular complexity index is 1530. The third kappa shape index (κ3) is 7.03. The van der Waals surface area contributed by atoms with Gasteiger partial charge in [0.05, 0.1) is 12.7 Å². The maximum atomic E-state index is 10.2. The van der Waals surface area contributed by atoms with Crippen LogP contribution in [0, 0.1) is 0 Å². The molecular weight excluding hydrogens is 472 g/mol. The van der Waals surface area contributed by atoms with Gasteiger partial charge in [-0.05, 0) is 12.1 Å². The zero-order valence-electron chi connectivity index (χ0n) is 18.3. The largest absolute Gasteiger partial charge is 0.383 e. The van der Waals surface area contributed by atoms with E-state index in [4.69, 9.17) is 22.9 Å². The van der Waals surface area contributed by atoms with Gasteiger partial charge in [0.25, 0.3) is 0 Å². The first-order valence-electron chi connectivity index (χ1n) is 9.75. The normalized spacial score (nSPS) is 9.78. The fraction of sp³-hybridized carbons (Fsp3) is 0. The van der Waals surface area contributed by atoms with Crippen molar-refractivity contribution in [3.63, 3.8) is 0 Å². The molecule has 0 aliphatic rings. The van der Waals surface area contributed by atoms with Gasteiger partial charge in [0.15, 0.2) is 22.9 Å². The summed E-state index contributed by atoms with van der Waals surface area (Å²) in [5.74, 6) is 1.35. The van der Waals surface area contributed by atoms with E-state index in [-0.39, 0.29) is 11.6 Å². The molecule has 6 aromatic rings. The topological polar surface area (TPSA) is 304 Å². The third-order valence-electron chi connectivity index (χ3n) is 3.89. The van der Waals surface area contributed by atoms with Crippen molar-refractivity contribution in [3.05, 3.63) is 70.8 Å². The molecule has 0 fully saturated rings. The molecule has 0 aromatic carbocycles. The van der Waals surface area contributed by atoms with Crippen LogP contribution in [0.2, 0.25) is 0 Å². The number of aromatic amines is 4. The maximum absolute atomic E-state index is 10.2. The molecule has 0 aliphatic carbocycles. The molecule has 0 radical (unpaired) electrons. The smallest absolute Gasteiger partial charge is 0.346 e. The van der Waals surface area contributed by atoms with E-state index in [9.17, 15) is 9.59 Å². The van der Waals surface area contributed by atoms with E-state index in [1.165, 1.54) is 49.8 Å². The van der Waals surface area contributed by atoms with Crippen LogP contribution in [0.5, 0.6) is 0 Å². The molecule has 0 saturated carbocycles. The monoisotopic (exact) mass is 492 g/mol. The van der Waals surface area contributed by atoms with Crippen LogP contribution >= 0.6 is 0 Å². The number of hydrogen-bond donors (Lipinski definition) is 8. The maximum Gasteiger partial charge on any atom is 0.346 e. The summed E-state index contributed by atoms with van der Waals surface area (Å²) < 4.78 is 0. The van der Waals surface area contributed by atoms with Gasteiger partial charge in [0.1, 0.15) is 35.3 Å². The van der Waals surface area contributed by atoms with E-state index in [0.29, 0.717) is 34.0 Å². The lowest BCUT2D eigenvalue weighted by molar-refractivity contribution is 1.08. The molecule has 0 spiro atoms. The Morgan fingerprint density at radius 3 is 1.28 bits per heavy atom. The van der Waals surface area contributed by atoms with Gasteiger partial charge in [-0.1, -0.05) is 0 Å². The Balaban J connectivity index is 0.000000135. The number of nitrogens with zero attached hydrogens (tertiary/aromatic N) is 8. The number of anilines is 4. The van der Waals surface area contributed by atoms with E-state index in [1.807, 2.05) is 0 Å². The van der Waals surface area contributed by atoms with Crippen LogP contribution in [0.25, 0.3) is 22.3 Å². The summed E-state index contributed by atoms with van der Waals surface area (Å²) in [7, 11) is 0. The number of nitrogen functional groups attached to an aromatic ring is 4. The zero-order chi connectivity index (χ0) is 25.9. The van der Waals surface area contributed by atoms with Crippen molar-refractivity contribution in [3.8, 4) is 0 Å². The first-order valence-corrected chi connectivity index (χ1v) is 9.75. The number of imidazole rings is 2. The molecule has 6 heterocycles. The minimum absolute atomic E-state index is 0.244. The lowest BCUT2D eigenvalue weighted by Gasteiger charge is -1.89. The fourth-order valence-corrected chi connectivity index (χ4v) is 2.34. The summed E-state index contributed by atoms with van der Waals surface area (Å²) in [4.78, 5) is 60.5. The van der Waals surface area contributed by atoms with Crippen LogP contribution in [-0.2, 0) is 0 Å². The highest BCUT2D eigenvalue weighted by molar-refractivity contribution is 5.80. The van der Waals surface area contributed by atoms with Crippen molar-refractivity contribution in [1.82, 2.24) is 59.8 Å². The molecule has 0 bridgehead atoms. The van der Waals surface area contributed by atoms with Gasteiger partial charge in [-0.25, -0.2) is 39.5 Å². The number of nitrogens with two attached hydrogens (primary N) is 4. The standard InChI is InChI=1S/2C5H5N5.2C4H5N3O/c2*6-4-3-5(9-1-7-3)10-2-8-4;2*5-3-1-2-6-4(8)7-3/h2*1-2H,(H3,6,7,8,9,10);2*1-2H,(H3,5,6,7,8). The average Bonchev–Trinajstić information content (AvgIpc) is 3.51. The molecule has 6 rings (SSSR count). The Morgan fingerprint density at radius 2 is 0.972 bits per heavy atom. The van der Waals surface area contributed by atoms with Crippen molar-refractivity contribution in [2.24, 2.45) is 0 Å². The Hall–Kier alpha value is -5.94. The summed E-state index contributed by atoms with van der Waals surface area (Å²) in [5, 5.41) is 0. The highest BCUT2D eigenvalue weighted by Crippen LogP contribution is 2.09. The SMILES string of the molecule is Nc1cc[nH]c(=O)n1.Nc1cc[nH]c(=O)n1.Nc1ncnc2nc[nH]c12.Nc1ncnc2nc[nH]c12. The van der Waals surface area contributed by atoms with Crippen LogP contribution in [0.1, 0.15) is 0 Å². The predicted molar refractivity (Wildman–Crippen MR) is 131 cm³/mol. The van der Waals surface area contributed by atoms with Crippen molar-refractivity contribution in [1.29, 1.82) is 0 Å². The zero-order valence-corrected chi connectivity index (χ0v) is 18.3. The van der Waals surface area contributed by atoms with Crippen LogP contribution in [-0.4, -0.2) is 59.8 Å². The van der Waals surface area contributed by atoms with Crippen LogP contribution in [0.3, 0.4) is 0 Å². The second-order valence-corrected chi connectivity index (χ2v) is 6.36. The predicted octanol–water partition coefficient (Wildman–Crippen LogP) is -1.43. The van der Waals surface area contributed by atoms with Crippen LogP contribution in [0.4, 0.5) is 23.3 Å². The number of fused-ring (bicyclic) bond motifs is 2. The molecule has 6 aromatic heterocycles. The van der Waals surface area contributed by atoms with Crippen molar-refractivity contribution in [2.45, 2.75) is 0 Å². The van der Waals surface area contributed by atoms with Gasteiger partial charge in [-0.15, -0.1) is 0 Å². The van der Waals surface area contributed by atoms with Gasteiger partial charge in [0.2, 0.25) is 0 Å². The molecule has 0 amide bonds. The first kappa shape index (κ1) is 24.7. The summed E-state index contributed by atoms with van der Waals surface area (Å²) in [6, 6.07) is 3.03. The van der Waals surface area contributed by atoms with E-state index < -0.39 is 11.4 Å². The molecule has 0 atom stereocenters. The van der Waals surface area contributed by atoms with E-state index in [2.05, 4.69) is 59.8 Å². The number of rotatable bonds is 0. The number of hydrogen-bond acceptors (Lipinski definition) is 14. The van der Waals surface area contributed by atoms with Gasteiger partial charge in [0, 0.05) is 12.4 Å². The lowest BCUT2D eigenvalue weighted by atomic mass is 10.5.